The summed E-state index contributed by atoms with van der Waals surface area (Å²) in [6.07, 6.45) is 6.40. The van der Waals surface area contributed by atoms with Crippen molar-refractivity contribution >= 4 is 11.6 Å². The summed E-state index contributed by atoms with van der Waals surface area (Å²) >= 11 is 0. The van der Waals surface area contributed by atoms with Gasteiger partial charge in [0.15, 0.2) is 0 Å². The number of imidazole rings is 1. The highest BCUT2D eigenvalue weighted by Gasteiger charge is 2.32. The molecule has 0 radical (unpaired) electrons. The van der Waals surface area contributed by atoms with E-state index in [0.29, 0.717) is 5.91 Å². The van der Waals surface area contributed by atoms with E-state index in [1.807, 2.05) is 12.1 Å². The fraction of sp³-hybridized carbons (Fsp3) is 0.412. The van der Waals surface area contributed by atoms with Crippen LogP contribution in [-0.2, 0) is 16.1 Å². The third-order valence-electron chi connectivity index (χ3n) is 8.78. The van der Waals surface area contributed by atoms with Gasteiger partial charge in [0.1, 0.15) is 11.4 Å². The first-order valence-corrected chi connectivity index (χ1v) is 14.8. The van der Waals surface area contributed by atoms with Gasteiger partial charge < -0.3 is 18.8 Å². The van der Waals surface area contributed by atoms with Gasteiger partial charge in [-0.3, -0.25) is 9.69 Å². The van der Waals surface area contributed by atoms with E-state index >= 15 is 0 Å². The number of amides is 1. The summed E-state index contributed by atoms with van der Waals surface area (Å²) in [5.41, 5.74) is 7.68. The van der Waals surface area contributed by atoms with Crippen LogP contribution in [0.15, 0.2) is 66.9 Å². The lowest BCUT2D eigenvalue weighted by Crippen LogP contribution is -2.50. The van der Waals surface area contributed by atoms with Gasteiger partial charge in [0.05, 0.1) is 24.6 Å². The molecule has 1 amide bonds. The van der Waals surface area contributed by atoms with E-state index < -0.39 is 0 Å². The van der Waals surface area contributed by atoms with Gasteiger partial charge in [0.2, 0.25) is 5.91 Å². The minimum atomic E-state index is 0.0960. The normalized spacial score (nSPS) is 19.9. The van der Waals surface area contributed by atoms with Crippen molar-refractivity contribution in [2.75, 3.05) is 40.4 Å². The largest absolute Gasteiger partial charge is 0.497 e. The van der Waals surface area contributed by atoms with Gasteiger partial charge in [-0.1, -0.05) is 48.4 Å². The predicted octanol–water partition coefficient (Wildman–Crippen LogP) is 5.83. The average molecular weight is 553 g/mol. The Morgan fingerprint density at radius 3 is 2.51 bits per heavy atom. The number of nitrogens with zero attached hydrogens (tertiary/aromatic N) is 4. The summed E-state index contributed by atoms with van der Waals surface area (Å²) in [4.78, 5) is 23.0. The first-order chi connectivity index (χ1) is 20.0. The van der Waals surface area contributed by atoms with Crippen LogP contribution < -0.4 is 4.74 Å². The topological polar surface area (TPSA) is 59.3 Å². The molecule has 6 rings (SSSR count). The van der Waals surface area contributed by atoms with E-state index in [9.17, 15) is 4.79 Å². The number of fused-ring (bicyclic) bond motifs is 1. The molecule has 7 nitrogen and oxygen atoms in total. The minimum absolute atomic E-state index is 0.0960. The number of methoxy groups -OCH3 is 2. The number of benzene rings is 2. The van der Waals surface area contributed by atoms with E-state index in [1.165, 1.54) is 11.1 Å². The van der Waals surface area contributed by atoms with Gasteiger partial charge in [0, 0.05) is 57.5 Å². The van der Waals surface area contributed by atoms with Crippen LogP contribution in [-0.4, -0.2) is 71.6 Å². The second kappa shape index (κ2) is 12.0. The quantitative estimate of drug-likeness (QED) is 0.289. The van der Waals surface area contributed by atoms with E-state index in [1.54, 1.807) is 14.2 Å². The van der Waals surface area contributed by atoms with Crippen molar-refractivity contribution < 1.29 is 14.3 Å². The highest BCUT2D eigenvalue weighted by atomic mass is 16.5. The molecule has 0 N–H and O–H groups in total. The van der Waals surface area contributed by atoms with Crippen molar-refractivity contribution in [2.45, 2.75) is 45.3 Å². The molecule has 0 bridgehead atoms. The molecular formula is C34H40N4O3. The summed E-state index contributed by atoms with van der Waals surface area (Å²) < 4.78 is 13.4. The molecule has 2 aliphatic rings. The molecule has 41 heavy (non-hydrogen) atoms. The summed E-state index contributed by atoms with van der Waals surface area (Å²) in [6, 6.07) is 21.0. The number of ether oxygens (including phenoxy) is 2. The maximum atomic E-state index is 13.3. The maximum absolute atomic E-state index is 13.3. The SMILES string of the molecule is COc1cccc(-c2nc3ccc(-c4cccc(C)c4)cn3c2CN2CCN(C(=O)[C@@H]3CCC[C@@H](OC)C3)CC2)c1. The Kier molecular flexibility index (Phi) is 8.08. The molecule has 4 aromatic rings. The second-order valence-corrected chi connectivity index (χ2v) is 11.5. The molecule has 1 saturated carbocycles. The average Bonchev–Trinajstić information content (AvgIpc) is 3.38. The molecule has 2 fully saturated rings. The molecular weight excluding hydrogens is 512 g/mol. The van der Waals surface area contributed by atoms with E-state index in [2.05, 4.69) is 75.9 Å². The Morgan fingerprint density at radius 2 is 1.73 bits per heavy atom. The first kappa shape index (κ1) is 27.5. The number of pyridine rings is 1. The monoisotopic (exact) mass is 552 g/mol. The van der Waals surface area contributed by atoms with Crippen molar-refractivity contribution in [1.82, 2.24) is 19.2 Å². The molecule has 1 aliphatic carbocycles. The van der Waals surface area contributed by atoms with Crippen LogP contribution >= 0.6 is 0 Å². The number of hydrogen-bond acceptors (Lipinski definition) is 5. The molecule has 3 heterocycles. The van der Waals surface area contributed by atoms with Gasteiger partial charge in [-0.05, 0) is 61.6 Å². The number of aryl methyl sites for hydroxylation is 1. The lowest BCUT2D eigenvalue weighted by atomic mass is 9.86. The Labute approximate surface area is 242 Å². The van der Waals surface area contributed by atoms with Gasteiger partial charge in [-0.25, -0.2) is 4.98 Å². The molecule has 7 heteroatoms. The number of aromatic nitrogens is 2. The Morgan fingerprint density at radius 1 is 0.927 bits per heavy atom. The van der Waals surface area contributed by atoms with Crippen LogP contribution in [0.5, 0.6) is 5.75 Å². The molecule has 2 atom stereocenters. The zero-order valence-corrected chi connectivity index (χ0v) is 24.4. The molecule has 1 saturated heterocycles. The van der Waals surface area contributed by atoms with Crippen LogP contribution in [0, 0.1) is 12.8 Å². The molecule has 2 aromatic heterocycles. The van der Waals surface area contributed by atoms with Crippen molar-refractivity contribution in [1.29, 1.82) is 0 Å². The Balaban J connectivity index is 1.27. The third kappa shape index (κ3) is 5.88. The highest BCUT2D eigenvalue weighted by molar-refractivity contribution is 5.79. The second-order valence-electron chi connectivity index (χ2n) is 11.5. The van der Waals surface area contributed by atoms with Gasteiger partial charge in [-0.15, -0.1) is 0 Å². The van der Waals surface area contributed by atoms with Gasteiger partial charge in [-0.2, -0.15) is 0 Å². The molecule has 1 aliphatic heterocycles. The Bertz CT molecular complexity index is 1520. The molecule has 214 valence electrons. The van der Waals surface area contributed by atoms with Crippen LogP contribution in [0.2, 0.25) is 0 Å². The summed E-state index contributed by atoms with van der Waals surface area (Å²) in [7, 11) is 3.46. The van der Waals surface area contributed by atoms with Crippen molar-refractivity contribution in [3.63, 3.8) is 0 Å². The fourth-order valence-electron chi connectivity index (χ4n) is 6.42. The van der Waals surface area contributed by atoms with Crippen molar-refractivity contribution in [2.24, 2.45) is 5.92 Å². The molecule has 0 unspecified atom stereocenters. The maximum Gasteiger partial charge on any atom is 0.225 e. The molecule has 2 aromatic carbocycles. The van der Waals surface area contributed by atoms with Crippen LogP contribution in [0.25, 0.3) is 28.0 Å². The van der Waals surface area contributed by atoms with Gasteiger partial charge in [0.25, 0.3) is 0 Å². The Hall–Kier alpha value is -3.68. The zero-order valence-electron chi connectivity index (χ0n) is 24.4. The number of hydrogen-bond donors (Lipinski definition) is 0. The molecule has 0 spiro atoms. The summed E-state index contributed by atoms with van der Waals surface area (Å²) in [5, 5.41) is 0. The van der Waals surface area contributed by atoms with E-state index in [4.69, 9.17) is 14.5 Å². The van der Waals surface area contributed by atoms with E-state index in [0.717, 1.165) is 92.3 Å². The predicted molar refractivity (Wildman–Crippen MR) is 162 cm³/mol. The number of piperazine rings is 1. The lowest BCUT2D eigenvalue weighted by molar-refractivity contribution is -0.140. The van der Waals surface area contributed by atoms with Crippen molar-refractivity contribution in [3.05, 3.63) is 78.1 Å². The number of carbonyl (C=O) groups excluding carboxylic acids is 1. The highest BCUT2D eigenvalue weighted by Crippen LogP contribution is 2.31. The minimum Gasteiger partial charge on any atom is -0.497 e. The van der Waals surface area contributed by atoms with E-state index in [-0.39, 0.29) is 12.0 Å². The lowest BCUT2D eigenvalue weighted by Gasteiger charge is -2.38. The van der Waals surface area contributed by atoms with Crippen LogP contribution in [0.4, 0.5) is 0 Å². The fourth-order valence-corrected chi connectivity index (χ4v) is 6.42. The van der Waals surface area contributed by atoms with Crippen LogP contribution in [0.1, 0.15) is 36.9 Å². The summed E-state index contributed by atoms with van der Waals surface area (Å²) in [5.74, 6) is 1.22. The number of carbonyl (C=O) groups is 1. The standard InChI is InChI=1S/C34H40N4O3/c1-24-7-4-8-25(19-24)28-13-14-32-35-33(26-9-5-11-29(20-26)40-2)31(38(32)22-28)23-36-15-17-37(18-16-36)34(39)27-10-6-12-30(21-27)41-3/h4-5,7-9,11,13-14,19-20,22,27,30H,6,10,12,15-18,21,23H2,1-3H3/t27-,30-/m1/s1. The van der Waals surface area contributed by atoms with Crippen molar-refractivity contribution in [3.8, 4) is 28.1 Å². The third-order valence-corrected chi connectivity index (χ3v) is 8.78. The first-order valence-electron chi connectivity index (χ1n) is 14.8. The smallest absolute Gasteiger partial charge is 0.225 e. The summed E-state index contributed by atoms with van der Waals surface area (Å²) in [6.45, 7) is 6.07. The van der Waals surface area contributed by atoms with Crippen LogP contribution in [0.3, 0.4) is 0 Å². The van der Waals surface area contributed by atoms with Gasteiger partial charge >= 0.3 is 0 Å². The number of rotatable bonds is 7. The zero-order chi connectivity index (χ0) is 28.3.